The normalized spacial score (nSPS) is 10.5. The van der Waals surface area contributed by atoms with Crippen LogP contribution in [0.1, 0.15) is 0 Å². The van der Waals surface area contributed by atoms with Gasteiger partial charge in [0.15, 0.2) is 0 Å². The Kier molecular flexibility index (Phi) is 1.45. The number of aromatic amines is 1. The van der Waals surface area contributed by atoms with E-state index < -0.39 is 0 Å². The number of nitrogen functional groups attached to an aromatic ring is 1. The number of nitrogens with zero attached hydrogens (tertiary/aromatic N) is 1. The summed E-state index contributed by atoms with van der Waals surface area (Å²) in [4.78, 5) is 13.9. The number of rotatable bonds is 0. The first-order chi connectivity index (χ1) is 6.20. The Morgan fingerprint density at radius 2 is 2.15 bits per heavy atom. The summed E-state index contributed by atoms with van der Waals surface area (Å²) >= 11 is 0. The zero-order valence-corrected chi connectivity index (χ0v) is 6.74. The average molecular weight is 176 g/mol. The molecular formula is C8H8N4O. The van der Waals surface area contributed by atoms with Gasteiger partial charge in [0, 0.05) is 0 Å². The molecule has 1 aromatic heterocycles. The maximum atomic E-state index is 11.3. The van der Waals surface area contributed by atoms with Crippen LogP contribution in [0.15, 0.2) is 29.1 Å². The van der Waals surface area contributed by atoms with Crippen LogP contribution in [-0.4, -0.2) is 15.5 Å². The van der Waals surface area contributed by atoms with E-state index >= 15 is 0 Å². The van der Waals surface area contributed by atoms with Crippen molar-refractivity contribution in [2.24, 2.45) is 5.73 Å². The zero-order valence-electron chi connectivity index (χ0n) is 6.74. The van der Waals surface area contributed by atoms with Gasteiger partial charge < -0.3 is 10.7 Å². The molecule has 2 aromatic rings. The Labute approximate surface area is 73.3 Å². The van der Waals surface area contributed by atoms with Crippen LogP contribution in [-0.2, 0) is 0 Å². The third-order valence-corrected chi connectivity index (χ3v) is 1.83. The molecule has 0 aliphatic heterocycles. The third-order valence-electron chi connectivity index (χ3n) is 1.83. The molecule has 66 valence electrons. The van der Waals surface area contributed by atoms with Crippen molar-refractivity contribution < 1.29 is 0 Å². The first-order valence-electron chi connectivity index (χ1n) is 3.74. The van der Waals surface area contributed by atoms with Gasteiger partial charge in [-0.1, -0.05) is 12.1 Å². The SMILES string of the molecule is N=C(N)n1c(=O)[nH]c2ccccc21. The molecule has 0 bridgehead atoms. The van der Waals surface area contributed by atoms with Gasteiger partial charge in [-0.15, -0.1) is 0 Å². The number of para-hydroxylation sites is 2. The van der Waals surface area contributed by atoms with Crippen LogP contribution in [0.2, 0.25) is 0 Å². The molecule has 1 aromatic carbocycles. The largest absolute Gasteiger partial charge is 0.369 e. The second kappa shape index (κ2) is 2.48. The molecule has 0 unspecified atom stereocenters. The van der Waals surface area contributed by atoms with Gasteiger partial charge in [0.25, 0.3) is 0 Å². The zero-order chi connectivity index (χ0) is 9.42. The fourth-order valence-electron chi connectivity index (χ4n) is 1.29. The first-order valence-corrected chi connectivity index (χ1v) is 3.74. The van der Waals surface area contributed by atoms with E-state index in [2.05, 4.69) is 4.98 Å². The van der Waals surface area contributed by atoms with Crippen LogP contribution in [0.25, 0.3) is 11.0 Å². The molecule has 4 N–H and O–H groups in total. The van der Waals surface area contributed by atoms with E-state index in [1.165, 1.54) is 0 Å². The van der Waals surface area contributed by atoms with Gasteiger partial charge in [0.2, 0.25) is 5.96 Å². The quantitative estimate of drug-likeness (QED) is 0.392. The van der Waals surface area contributed by atoms with Crippen molar-refractivity contribution in [1.82, 2.24) is 9.55 Å². The van der Waals surface area contributed by atoms with E-state index in [1.807, 2.05) is 6.07 Å². The van der Waals surface area contributed by atoms with Crippen LogP contribution in [0.5, 0.6) is 0 Å². The van der Waals surface area contributed by atoms with Gasteiger partial charge in [-0.3, -0.25) is 5.41 Å². The molecule has 0 spiro atoms. The second-order valence-electron chi connectivity index (χ2n) is 2.67. The molecular weight excluding hydrogens is 168 g/mol. The van der Waals surface area contributed by atoms with E-state index in [0.717, 1.165) is 4.57 Å². The lowest BCUT2D eigenvalue weighted by Crippen LogP contribution is -2.30. The number of fused-ring (bicyclic) bond motifs is 1. The van der Waals surface area contributed by atoms with E-state index in [1.54, 1.807) is 18.2 Å². The highest BCUT2D eigenvalue weighted by atomic mass is 16.1. The molecule has 0 fully saturated rings. The number of nitrogens with one attached hydrogen (secondary N) is 2. The van der Waals surface area contributed by atoms with Crippen molar-refractivity contribution in [2.75, 3.05) is 0 Å². The maximum Gasteiger partial charge on any atom is 0.333 e. The number of hydrogen-bond donors (Lipinski definition) is 3. The van der Waals surface area contributed by atoms with Gasteiger partial charge in [0.1, 0.15) is 0 Å². The molecule has 0 saturated heterocycles. The lowest BCUT2D eigenvalue weighted by atomic mass is 10.3. The molecule has 0 atom stereocenters. The highest BCUT2D eigenvalue weighted by Gasteiger charge is 2.06. The fourth-order valence-corrected chi connectivity index (χ4v) is 1.29. The Hall–Kier alpha value is -2.04. The second-order valence-corrected chi connectivity index (χ2v) is 2.67. The number of imidazole rings is 1. The van der Waals surface area contributed by atoms with Gasteiger partial charge in [-0.05, 0) is 12.1 Å². The molecule has 0 saturated carbocycles. The van der Waals surface area contributed by atoms with Crippen molar-refractivity contribution in [2.45, 2.75) is 0 Å². The molecule has 0 aliphatic rings. The number of H-pyrrole nitrogens is 1. The minimum Gasteiger partial charge on any atom is -0.369 e. The molecule has 13 heavy (non-hydrogen) atoms. The summed E-state index contributed by atoms with van der Waals surface area (Å²) in [6.07, 6.45) is 0. The summed E-state index contributed by atoms with van der Waals surface area (Å²) in [5.41, 5.74) is 6.18. The lowest BCUT2D eigenvalue weighted by molar-refractivity contribution is 1.04. The van der Waals surface area contributed by atoms with Crippen LogP contribution < -0.4 is 11.4 Å². The smallest absolute Gasteiger partial charge is 0.333 e. The minimum absolute atomic E-state index is 0.276. The van der Waals surface area contributed by atoms with Gasteiger partial charge in [-0.25, -0.2) is 9.36 Å². The minimum atomic E-state index is -0.381. The van der Waals surface area contributed by atoms with Crippen molar-refractivity contribution >= 4 is 17.0 Å². The van der Waals surface area contributed by atoms with Crippen molar-refractivity contribution in [3.63, 3.8) is 0 Å². The molecule has 5 nitrogen and oxygen atoms in total. The van der Waals surface area contributed by atoms with Gasteiger partial charge in [-0.2, -0.15) is 0 Å². The predicted octanol–water partition coefficient (Wildman–Crippen LogP) is 0.0712. The number of benzene rings is 1. The molecule has 0 radical (unpaired) electrons. The van der Waals surface area contributed by atoms with Crippen molar-refractivity contribution in [1.29, 1.82) is 5.41 Å². The van der Waals surface area contributed by atoms with Crippen LogP contribution in [0.4, 0.5) is 0 Å². The van der Waals surface area contributed by atoms with Crippen LogP contribution in [0.3, 0.4) is 0 Å². The fraction of sp³-hybridized carbons (Fsp3) is 0. The average Bonchev–Trinajstić information content (AvgIpc) is 2.39. The first kappa shape index (κ1) is 7.60. The van der Waals surface area contributed by atoms with E-state index in [-0.39, 0.29) is 11.6 Å². The summed E-state index contributed by atoms with van der Waals surface area (Å²) in [5.74, 6) is -0.276. The summed E-state index contributed by atoms with van der Waals surface area (Å²) in [5, 5.41) is 7.20. The molecule has 1 heterocycles. The summed E-state index contributed by atoms with van der Waals surface area (Å²) < 4.78 is 1.12. The number of nitrogens with two attached hydrogens (primary N) is 1. The summed E-state index contributed by atoms with van der Waals surface area (Å²) in [6.45, 7) is 0. The van der Waals surface area contributed by atoms with E-state index in [0.29, 0.717) is 11.0 Å². The summed E-state index contributed by atoms with van der Waals surface area (Å²) in [7, 11) is 0. The van der Waals surface area contributed by atoms with Crippen LogP contribution in [0, 0.1) is 5.41 Å². The van der Waals surface area contributed by atoms with Crippen molar-refractivity contribution in [3.8, 4) is 0 Å². The number of hydrogen-bond acceptors (Lipinski definition) is 2. The highest BCUT2D eigenvalue weighted by molar-refractivity contribution is 5.89. The Morgan fingerprint density at radius 1 is 1.46 bits per heavy atom. The molecule has 0 aliphatic carbocycles. The molecule has 5 heteroatoms. The van der Waals surface area contributed by atoms with E-state index in [9.17, 15) is 4.79 Å². The highest BCUT2D eigenvalue weighted by Crippen LogP contribution is 2.07. The molecule has 2 rings (SSSR count). The third kappa shape index (κ3) is 1.01. The monoisotopic (exact) mass is 176 g/mol. The Balaban J connectivity index is 2.95. The standard InChI is InChI=1S/C8H8N4O/c9-7(10)12-6-4-2-1-3-5(6)11-8(12)13/h1-4H,(H3,9,10)(H,11,13). The molecule has 0 amide bonds. The van der Waals surface area contributed by atoms with Crippen LogP contribution >= 0.6 is 0 Å². The lowest BCUT2D eigenvalue weighted by Gasteiger charge is -1.96. The van der Waals surface area contributed by atoms with Gasteiger partial charge in [0.05, 0.1) is 11.0 Å². The summed E-state index contributed by atoms with van der Waals surface area (Å²) in [6, 6.07) is 7.09. The topological polar surface area (TPSA) is 87.7 Å². The van der Waals surface area contributed by atoms with E-state index in [4.69, 9.17) is 11.1 Å². The predicted molar refractivity (Wildman–Crippen MR) is 49.9 cm³/mol. The Morgan fingerprint density at radius 3 is 2.85 bits per heavy atom. The maximum absolute atomic E-state index is 11.3. The number of aromatic nitrogens is 2. The van der Waals surface area contributed by atoms with Gasteiger partial charge >= 0.3 is 5.69 Å². The van der Waals surface area contributed by atoms with Crippen molar-refractivity contribution in [3.05, 3.63) is 34.7 Å². The Bertz CT molecular complexity index is 522.